The Morgan fingerprint density at radius 1 is 1.24 bits per heavy atom. The van der Waals surface area contributed by atoms with Crippen molar-refractivity contribution in [2.75, 3.05) is 32.9 Å². The average molecular weight is 299 g/mol. The first-order valence-electron chi connectivity index (χ1n) is 6.52. The summed E-state index contributed by atoms with van der Waals surface area (Å²) in [6, 6.07) is 1.99. The fourth-order valence-corrected chi connectivity index (χ4v) is 1.75. The Kier molecular flexibility index (Phi) is 5.63. The number of halogens is 2. The van der Waals surface area contributed by atoms with Crippen LogP contribution in [0.3, 0.4) is 0 Å². The highest BCUT2D eigenvalue weighted by atomic mass is 19.1. The Morgan fingerprint density at radius 2 is 1.86 bits per heavy atom. The summed E-state index contributed by atoms with van der Waals surface area (Å²) in [5.41, 5.74) is 4.33. The van der Waals surface area contributed by atoms with Gasteiger partial charge in [-0.25, -0.2) is 8.78 Å². The Balaban J connectivity index is 3.12. The van der Waals surface area contributed by atoms with Crippen molar-refractivity contribution in [3.8, 4) is 0 Å². The largest absolute Gasteiger partial charge is 0.396 e. The summed E-state index contributed by atoms with van der Waals surface area (Å²) in [6.07, 6.45) is 0.554. The number of nitrogen functional groups attached to an aromatic ring is 1. The molecule has 0 spiro atoms. The molecule has 0 heterocycles. The Labute approximate surface area is 122 Å². The number of benzene rings is 1. The molecule has 1 aromatic carbocycles. The van der Waals surface area contributed by atoms with Crippen LogP contribution < -0.4 is 5.73 Å². The van der Waals surface area contributed by atoms with Crippen LogP contribution in [0.2, 0.25) is 0 Å². The van der Waals surface area contributed by atoms with E-state index in [9.17, 15) is 18.4 Å². The summed E-state index contributed by atoms with van der Waals surface area (Å²) >= 11 is 0. The molecule has 0 atom stereocenters. The summed E-state index contributed by atoms with van der Waals surface area (Å²) < 4.78 is 27.6. The molecule has 116 valence electrons. The van der Waals surface area contributed by atoms with Gasteiger partial charge in [-0.15, -0.1) is 0 Å². The molecule has 1 rings (SSSR count). The predicted molar refractivity (Wildman–Crippen MR) is 75.7 cm³/mol. The summed E-state index contributed by atoms with van der Waals surface area (Å²) in [7, 11) is 3.08. The molecular weight excluding hydrogens is 280 g/mol. The molecule has 0 aliphatic rings. The van der Waals surface area contributed by atoms with Gasteiger partial charge in [-0.3, -0.25) is 9.59 Å². The fraction of sp³-hybridized carbons (Fsp3) is 0.429. The van der Waals surface area contributed by atoms with Gasteiger partial charge in [-0.2, -0.15) is 0 Å². The molecule has 0 fully saturated rings. The van der Waals surface area contributed by atoms with Crippen LogP contribution >= 0.6 is 0 Å². The van der Waals surface area contributed by atoms with E-state index >= 15 is 0 Å². The predicted octanol–water partition coefficient (Wildman–Crippen LogP) is 1.49. The normalized spacial score (nSPS) is 10.3. The average Bonchev–Trinajstić information content (AvgIpc) is 2.42. The number of likely N-dealkylation sites (N-methyl/N-ethyl adjacent to an activating group) is 1. The molecule has 2 N–H and O–H groups in total. The van der Waals surface area contributed by atoms with E-state index in [1.807, 2.05) is 0 Å². The van der Waals surface area contributed by atoms with Gasteiger partial charge in [0.2, 0.25) is 5.91 Å². The van der Waals surface area contributed by atoms with E-state index in [1.54, 1.807) is 21.0 Å². The van der Waals surface area contributed by atoms with Crippen molar-refractivity contribution >= 4 is 17.5 Å². The van der Waals surface area contributed by atoms with Crippen LogP contribution in [0.5, 0.6) is 0 Å². The van der Waals surface area contributed by atoms with Crippen LogP contribution in [0.25, 0.3) is 0 Å². The van der Waals surface area contributed by atoms with Crippen molar-refractivity contribution in [3.63, 3.8) is 0 Å². The second kappa shape index (κ2) is 7.01. The minimum atomic E-state index is -1.10. The third-order valence-electron chi connectivity index (χ3n) is 2.94. The molecule has 5 nitrogen and oxygen atoms in total. The van der Waals surface area contributed by atoms with Gasteiger partial charge >= 0.3 is 0 Å². The highest BCUT2D eigenvalue weighted by Gasteiger charge is 2.26. The molecule has 0 saturated heterocycles. The molecule has 0 aliphatic heterocycles. The van der Waals surface area contributed by atoms with Crippen LogP contribution in [-0.4, -0.2) is 48.8 Å². The van der Waals surface area contributed by atoms with Crippen LogP contribution in [0, 0.1) is 11.6 Å². The lowest BCUT2D eigenvalue weighted by Crippen LogP contribution is -2.41. The van der Waals surface area contributed by atoms with Crippen molar-refractivity contribution in [1.82, 2.24) is 9.80 Å². The quantitative estimate of drug-likeness (QED) is 0.838. The summed E-state index contributed by atoms with van der Waals surface area (Å²) in [4.78, 5) is 26.4. The smallest absolute Gasteiger partial charge is 0.260 e. The van der Waals surface area contributed by atoms with E-state index in [-0.39, 0.29) is 24.7 Å². The summed E-state index contributed by atoms with van der Waals surface area (Å²) in [5, 5.41) is 0. The first kappa shape index (κ1) is 16.9. The summed E-state index contributed by atoms with van der Waals surface area (Å²) in [5.74, 6) is -3.31. The van der Waals surface area contributed by atoms with E-state index in [4.69, 9.17) is 5.73 Å². The number of carbonyl (C=O) groups is 2. The number of nitrogens with two attached hydrogens (primary N) is 1. The van der Waals surface area contributed by atoms with Crippen molar-refractivity contribution in [3.05, 3.63) is 29.3 Å². The van der Waals surface area contributed by atoms with Crippen molar-refractivity contribution in [2.45, 2.75) is 13.3 Å². The third kappa shape index (κ3) is 3.90. The van der Waals surface area contributed by atoms with Gasteiger partial charge in [-0.05, 0) is 18.6 Å². The van der Waals surface area contributed by atoms with Gasteiger partial charge in [-0.1, -0.05) is 6.92 Å². The number of anilines is 1. The fourth-order valence-electron chi connectivity index (χ4n) is 1.75. The SMILES string of the molecule is CCCN(CC(=O)N(C)C)C(=O)c1c(F)ccc(N)c1F. The number of rotatable bonds is 5. The van der Waals surface area contributed by atoms with Gasteiger partial charge < -0.3 is 15.5 Å². The number of hydrogen-bond acceptors (Lipinski definition) is 3. The Morgan fingerprint density at radius 3 is 2.38 bits per heavy atom. The lowest BCUT2D eigenvalue weighted by Gasteiger charge is -2.24. The number of nitrogens with zero attached hydrogens (tertiary/aromatic N) is 2. The molecule has 7 heteroatoms. The van der Waals surface area contributed by atoms with E-state index < -0.39 is 23.1 Å². The van der Waals surface area contributed by atoms with E-state index in [0.717, 1.165) is 17.0 Å². The monoisotopic (exact) mass is 299 g/mol. The zero-order valence-corrected chi connectivity index (χ0v) is 12.3. The lowest BCUT2D eigenvalue weighted by atomic mass is 10.1. The van der Waals surface area contributed by atoms with Crippen molar-refractivity contribution in [2.24, 2.45) is 0 Å². The molecule has 0 unspecified atom stereocenters. The number of hydrogen-bond donors (Lipinski definition) is 1. The zero-order chi connectivity index (χ0) is 16.2. The van der Waals surface area contributed by atoms with Gasteiger partial charge in [0.1, 0.15) is 17.9 Å². The molecule has 1 aromatic rings. The molecule has 0 bridgehead atoms. The number of amides is 2. The lowest BCUT2D eigenvalue weighted by molar-refractivity contribution is -0.129. The Hall–Kier alpha value is -2.18. The minimum Gasteiger partial charge on any atom is -0.396 e. The molecule has 21 heavy (non-hydrogen) atoms. The Bertz CT molecular complexity index is 547. The standard InChI is InChI=1S/C14H19F2N3O2/c1-4-7-19(8-11(20)18(2)3)14(21)12-9(15)5-6-10(17)13(12)16/h5-6H,4,7-8,17H2,1-3H3. The van der Waals surface area contributed by atoms with Crippen LogP contribution in [0.15, 0.2) is 12.1 Å². The van der Waals surface area contributed by atoms with Crippen molar-refractivity contribution in [1.29, 1.82) is 0 Å². The second-order valence-corrected chi connectivity index (χ2v) is 4.84. The molecule has 0 aliphatic carbocycles. The number of carbonyl (C=O) groups excluding carboxylic acids is 2. The first-order valence-corrected chi connectivity index (χ1v) is 6.52. The highest BCUT2D eigenvalue weighted by Crippen LogP contribution is 2.20. The van der Waals surface area contributed by atoms with Gasteiger partial charge in [0, 0.05) is 20.6 Å². The van der Waals surface area contributed by atoms with E-state index in [0.29, 0.717) is 6.42 Å². The van der Waals surface area contributed by atoms with Crippen LogP contribution in [0.1, 0.15) is 23.7 Å². The zero-order valence-electron chi connectivity index (χ0n) is 12.3. The molecule has 0 aromatic heterocycles. The highest BCUT2D eigenvalue weighted by molar-refractivity contribution is 5.97. The van der Waals surface area contributed by atoms with Gasteiger partial charge in [0.05, 0.1) is 5.69 Å². The van der Waals surface area contributed by atoms with Crippen LogP contribution in [-0.2, 0) is 4.79 Å². The minimum absolute atomic E-state index is 0.214. The topological polar surface area (TPSA) is 66.6 Å². The second-order valence-electron chi connectivity index (χ2n) is 4.84. The van der Waals surface area contributed by atoms with Gasteiger partial charge in [0.25, 0.3) is 5.91 Å². The van der Waals surface area contributed by atoms with E-state index in [1.165, 1.54) is 4.90 Å². The van der Waals surface area contributed by atoms with Gasteiger partial charge in [0.15, 0.2) is 5.82 Å². The molecular formula is C14H19F2N3O2. The molecule has 2 amide bonds. The maximum atomic E-state index is 13.9. The first-order chi connectivity index (χ1) is 9.79. The molecule has 0 saturated carbocycles. The third-order valence-corrected chi connectivity index (χ3v) is 2.94. The van der Waals surface area contributed by atoms with E-state index in [2.05, 4.69) is 0 Å². The summed E-state index contributed by atoms with van der Waals surface area (Å²) in [6.45, 7) is 1.77. The van der Waals surface area contributed by atoms with Crippen molar-refractivity contribution < 1.29 is 18.4 Å². The molecule has 0 radical (unpaired) electrons. The maximum absolute atomic E-state index is 13.9. The van der Waals surface area contributed by atoms with Crippen LogP contribution in [0.4, 0.5) is 14.5 Å². The maximum Gasteiger partial charge on any atom is 0.260 e.